The van der Waals surface area contributed by atoms with Crippen LogP contribution in [0.2, 0.25) is 5.02 Å². The van der Waals surface area contributed by atoms with Crippen molar-refractivity contribution in [2.24, 2.45) is 0 Å². The summed E-state index contributed by atoms with van der Waals surface area (Å²) in [6.07, 6.45) is 6.75. The lowest BCUT2D eigenvalue weighted by Gasteiger charge is -2.24. The summed E-state index contributed by atoms with van der Waals surface area (Å²) in [5.41, 5.74) is 1.29. The van der Waals surface area contributed by atoms with E-state index in [0.29, 0.717) is 12.0 Å². The molecular formula is C11H16ClN3. The first kappa shape index (κ1) is 9.67. The van der Waals surface area contributed by atoms with Gasteiger partial charge in [-0.3, -0.25) is 4.68 Å². The number of hydrogen-bond donors (Lipinski definition) is 1. The van der Waals surface area contributed by atoms with Crippen LogP contribution in [0.4, 0.5) is 0 Å². The minimum Gasteiger partial charge on any atom is -0.317 e. The zero-order chi connectivity index (χ0) is 10.3. The van der Waals surface area contributed by atoms with Crippen LogP contribution in [0.15, 0.2) is 6.20 Å². The van der Waals surface area contributed by atoms with E-state index < -0.39 is 0 Å². The quantitative estimate of drug-likeness (QED) is 0.838. The molecule has 0 spiro atoms. The molecule has 1 saturated heterocycles. The fourth-order valence-electron chi connectivity index (χ4n) is 2.43. The van der Waals surface area contributed by atoms with Crippen molar-refractivity contribution in [3.63, 3.8) is 0 Å². The second-order valence-corrected chi connectivity index (χ2v) is 4.98. The number of halogens is 1. The number of aromatic nitrogens is 2. The molecule has 0 amide bonds. The van der Waals surface area contributed by atoms with E-state index in [1.165, 1.54) is 31.4 Å². The van der Waals surface area contributed by atoms with E-state index in [-0.39, 0.29) is 0 Å². The first-order valence-electron chi connectivity index (χ1n) is 5.80. The van der Waals surface area contributed by atoms with Crippen molar-refractivity contribution in [3.05, 3.63) is 16.9 Å². The Morgan fingerprint density at radius 3 is 2.67 bits per heavy atom. The Morgan fingerprint density at radius 2 is 2.00 bits per heavy atom. The number of nitrogens with one attached hydrogen (secondary N) is 1. The van der Waals surface area contributed by atoms with E-state index in [4.69, 9.17) is 11.6 Å². The van der Waals surface area contributed by atoms with E-state index in [9.17, 15) is 0 Å². The molecule has 0 unspecified atom stereocenters. The molecule has 2 fully saturated rings. The molecule has 4 heteroatoms. The second kappa shape index (κ2) is 3.80. The molecule has 0 atom stereocenters. The summed E-state index contributed by atoms with van der Waals surface area (Å²) in [7, 11) is 0. The topological polar surface area (TPSA) is 29.9 Å². The highest BCUT2D eigenvalue weighted by atomic mass is 35.5. The highest BCUT2D eigenvalue weighted by molar-refractivity contribution is 6.31. The summed E-state index contributed by atoms with van der Waals surface area (Å²) in [6, 6.07) is 0.564. The molecule has 1 aromatic heterocycles. The van der Waals surface area contributed by atoms with E-state index in [1.54, 1.807) is 0 Å². The first-order valence-corrected chi connectivity index (χ1v) is 6.17. The monoisotopic (exact) mass is 225 g/mol. The van der Waals surface area contributed by atoms with E-state index in [2.05, 4.69) is 15.1 Å². The van der Waals surface area contributed by atoms with E-state index in [0.717, 1.165) is 18.1 Å². The smallest absolute Gasteiger partial charge is 0.0820 e. The maximum atomic E-state index is 6.20. The maximum Gasteiger partial charge on any atom is 0.0820 e. The largest absolute Gasteiger partial charge is 0.317 e. The van der Waals surface area contributed by atoms with Crippen LogP contribution in [0, 0.1) is 0 Å². The van der Waals surface area contributed by atoms with Gasteiger partial charge in [0.25, 0.3) is 0 Å². The van der Waals surface area contributed by atoms with Gasteiger partial charge in [-0.05, 0) is 38.8 Å². The number of nitrogens with zero attached hydrogens (tertiary/aromatic N) is 2. The summed E-state index contributed by atoms with van der Waals surface area (Å²) in [5, 5.41) is 8.71. The van der Waals surface area contributed by atoms with E-state index in [1.807, 2.05) is 6.20 Å². The van der Waals surface area contributed by atoms with Crippen LogP contribution in [0.5, 0.6) is 0 Å². The lowest BCUT2D eigenvalue weighted by molar-refractivity contribution is 0.335. The Hall–Kier alpha value is -0.540. The minimum atomic E-state index is 0.564. The minimum absolute atomic E-state index is 0.564. The molecule has 1 aliphatic heterocycles. The lowest BCUT2D eigenvalue weighted by Crippen LogP contribution is -2.30. The molecule has 0 radical (unpaired) electrons. The molecule has 3 nitrogen and oxygen atoms in total. The highest BCUT2D eigenvalue weighted by Gasteiger charge is 2.32. The molecule has 1 aromatic rings. The van der Waals surface area contributed by atoms with Gasteiger partial charge in [-0.2, -0.15) is 5.10 Å². The van der Waals surface area contributed by atoms with Gasteiger partial charge in [0, 0.05) is 5.92 Å². The first-order chi connectivity index (χ1) is 7.36. The Bertz CT molecular complexity index is 351. The predicted octanol–water partition coefficient (Wildman–Crippen LogP) is 2.34. The van der Waals surface area contributed by atoms with Gasteiger partial charge in [0.15, 0.2) is 0 Å². The fraction of sp³-hybridized carbons (Fsp3) is 0.727. The van der Waals surface area contributed by atoms with E-state index >= 15 is 0 Å². The van der Waals surface area contributed by atoms with Crippen molar-refractivity contribution in [1.29, 1.82) is 0 Å². The molecule has 2 aliphatic rings. The molecule has 1 aliphatic carbocycles. The molecule has 15 heavy (non-hydrogen) atoms. The average Bonchev–Trinajstić information content (AvgIpc) is 3.03. The van der Waals surface area contributed by atoms with Crippen LogP contribution < -0.4 is 5.32 Å². The molecule has 82 valence electrons. The molecular weight excluding hydrogens is 210 g/mol. The Balaban J connectivity index is 1.89. The average molecular weight is 226 g/mol. The van der Waals surface area contributed by atoms with Crippen molar-refractivity contribution >= 4 is 11.6 Å². The lowest BCUT2D eigenvalue weighted by atomic mass is 10.1. The summed E-state index contributed by atoms with van der Waals surface area (Å²) in [6.45, 7) is 2.21. The Kier molecular flexibility index (Phi) is 2.45. The standard InChI is InChI=1S/C11H16ClN3/c12-10-7-14-15(11(10)8-1-2-8)9-3-5-13-6-4-9/h7-9,13H,1-6H2. The van der Waals surface area contributed by atoms with Crippen molar-refractivity contribution in [2.75, 3.05) is 13.1 Å². The second-order valence-electron chi connectivity index (χ2n) is 4.58. The summed E-state index contributed by atoms with van der Waals surface area (Å²) in [4.78, 5) is 0. The van der Waals surface area contributed by atoms with Gasteiger partial charge in [-0.15, -0.1) is 0 Å². The van der Waals surface area contributed by atoms with Crippen molar-refractivity contribution in [1.82, 2.24) is 15.1 Å². The highest BCUT2D eigenvalue weighted by Crippen LogP contribution is 2.44. The van der Waals surface area contributed by atoms with Crippen molar-refractivity contribution in [3.8, 4) is 0 Å². The van der Waals surface area contributed by atoms with Gasteiger partial charge in [-0.25, -0.2) is 0 Å². The Labute approximate surface area is 94.8 Å². The van der Waals surface area contributed by atoms with Gasteiger partial charge in [0.2, 0.25) is 0 Å². The number of rotatable bonds is 2. The van der Waals surface area contributed by atoms with Crippen LogP contribution >= 0.6 is 11.6 Å². The van der Waals surface area contributed by atoms with Gasteiger partial charge in [0.05, 0.1) is 23.0 Å². The molecule has 0 aromatic carbocycles. The van der Waals surface area contributed by atoms with Crippen LogP contribution in [-0.2, 0) is 0 Å². The third-order valence-electron chi connectivity index (χ3n) is 3.41. The van der Waals surface area contributed by atoms with Gasteiger partial charge in [0.1, 0.15) is 0 Å². The van der Waals surface area contributed by atoms with Crippen molar-refractivity contribution in [2.45, 2.75) is 37.6 Å². The van der Waals surface area contributed by atoms with Gasteiger partial charge in [-0.1, -0.05) is 11.6 Å². The summed E-state index contributed by atoms with van der Waals surface area (Å²) < 4.78 is 2.20. The molecule has 0 bridgehead atoms. The normalized spacial score (nSPS) is 23.3. The molecule has 3 rings (SSSR count). The third kappa shape index (κ3) is 1.79. The maximum absolute atomic E-state index is 6.20. The van der Waals surface area contributed by atoms with Crippen LogP contribution in [0.3, 0.4) is 0 Å². The third-order valence-corrected chi connectivity index (χ3v) is 3.70. The van der Waals surface area contributed by atoms with Crippen LogP contribution in [0.25, 0.3) is 0 Å². The summed E-state index contributed by atoms with van der Waals surface area (Å²) in [5.74, 6) is 0.690. The van der Waals surface area contributed by atoms with Crippen LogP contribution in [-0.4, -0.2) is 22.9 Å². The van der Waals surface area contributed by atoms with Crippen molar-refractivity contribution < 1.29 is 0 Å². The predicted molar refractivity (Wildman–Crippen MR) is 60.4 cm³/mol. The Morgan fingerprint density at radius 1 is 1.27 bits per heavy atom. The van der Waals surface area contributed by atoms with Gasteiger partial charge < -0.3 is 5.32 Å². The van der Waals surface area contributed by atoms with Gasteiger partial charge >= 0.3 is 0 Å². The number of piperidine rings is 1. The fourth-order valence-corrected chi connectivity index (χ4v) is 2.72. The molecule has 1 N–H and O–H groups in total. The SMILES string of the molecule is Clc1cnn(C2CCNCC2)c1C1CC1. The zero-order valence-corrected chi connectivity index (χ0v) is 9.50. The molecule has 2 heterocycles. The molecule has 1 saturated carbocycles. The number of hydrogen-bond acceptors (Lipinski definition) is 2. The zero-order valence-electron chi connectivity index (χ0n) is 8.75. The van der Waals surface area contributed by atoms with Crippen LogP contribution in [0.1, 0.15) is 43.3 Å². The summed E-state index contributed by atoms with van der Waals surface area (Å²) >= 11 is 6.20.